The smallest absolute Gasteiger partial charge is 0.248 e. The van der Waals surface area contributed by atoms with E-state index in [1.54, 1.807) is 36.7 Å². The van der Waals surface area contributed by atoms with Gasteiger partial charge in [-0.25, -0.2) is 4.98 Å². The fourth-order valence-electron chi connectivity index (χ4n) is 2.16. The number of pyridine rings is 1. The van der Waals surface area contributed by atoms with Gasteiger partial charge in [-0.3, -0.25) is 9.78 Å². The van der Waals surface area contributed by atoms with Gasteiger partial charge in [0.1, 0.15) is 5.75 Å². The Morgan fingerprint density at radius 3 is 2.54 bits per heavy atom. The Labute approximate surface area is 139 Å². The van der Waals surface area contributed by atoms with Gasteiger partial charge < -0.3 is 10.5 Å². The zero-order valence-electron chi connectivity index (χ0n) is 13.4. The Bertz CT molecular complexity index is 895. The number of nitrogens with zero attached hydrogens (tertiary/aromatic N) is 3. The summed E-state index contributed by atoms with van der Waals surface area (Å²) in [4.78, 5) is 24.3. The van der Waals surface area contributed by atoms with Gasteiger partial charge in [-0.2, -0.15) is 4.98 Å². The van der Waals surface area contributed by atoms with E-state index in [9.17, 15) is 4.79 Å². The van der Waals surface area contributed by atoms with Crippen LogP contribution >= 0.6 is 0 Å². The average Bonchev–Trinajstić information content (AvgIpc) is 2.59. The summed E-state index contributed by atoms with van der Waals surface area (Å²) in [6.45, 7) is 3.79. The molecule has 0 saturated carbocycles. The van der Waals surface area contributed by atoms with Crippen molar-refractivity contribution in [1.29, 1.82) is 0 Å². The van der Waals surface area contributed by atoms with Crippen molar-refractivity contribution in [2.75, 3.05) is 0 Å². The summed E-state index contributed by atoms with van der Waals surface area (Å²) in [6.07, 6.45) is 3.37. The molecule has 0 aliphatic carbocycles. The molecule has 1 amide bonds. The number of hydrogen-bond acceptors (Lipinski definition) is 5. The summed E-state index contributed by atoms with van der Waals surface area (Å²) in [6, 6.07) is 10.3. The van der Waals surface area contributed by atoms with Crippen LogP contribution in [0.5, 0.6) is 11.6 Å². The second kappa shape index (κ2) is 6.45. The van der Waals surface area contributed by atoms with Gasteiger partial charge in [-0.1, -0.05) is 6.07 Å². The summed E-state index contributed by atoms with van der Waals surface area (Å²) >= 11 is 0. The van der Waals surface area contributed by atoms with Crippen LogP contribution in [0.15, 0.2) is 48.8 Å². The number of carbonyl (C=O) groups is 1. The molecule has 120 valence electrons. The van der Waals surface area contributed by atoms with Crippen molar-refractivity contribution >= 4 is 5.91 Å². The number of ether oxygens (including phenoxy) is 1. The summed E-state index contributed by atoms with van der Waals surface area (Å²) < 4.78 is 5.87. The first-order chi connectivity index (χ1) is 11.5. The fourth-order valence-corrected chi connectivity index (χ4v) is 2.16. The molecule has 6 nitrogen and oxygen atoms in total. The van der Waals surface area contributed by atoms with Gasteiger partial charge in [-0.05, 0) is 44.2 Å². The van der Waals surface area contributed by atoms with Crippen LogP contribution in [-0.4, -0.2) is 20.9 Å². The van der Waals surface area contributed by atoms with E-state index in [2.05, 4.69) is 15.0 Å². The maximum Gasteiger partial charge on any atom is 0.248 e. The van der Waals surface area contributed by atoms with Crippen LogP contribution in [0, 0.1) is 13.8 Å². The number of benzene rings is 1. The largest absolute Gasteiger partial charge is 0.439 e. The Kier molecular flexibility index (Phi) is 4.20. The molecule has 0 radical (unpaired) electrons. The lowest BCUT2D eigenvalue weighted by molar-refractivity contribution is 0.1000. The van der Waals surface area contributed by atoms with Gasteiger partial charge >= 0.3 is 0 Å². The second-order valence-electron chi connectivity index (χ2n) is 5.29. The molecule has 3 rings (SSSR count). The molecule has 0 bridgehead atoms. The number of hydrogen-bond donors (Lipinski definition) is 1. The molecule has 2 aromatic heterocycles. The molecule has 2 N–H and O–H groups in total. The van der Waals surface area contributed by atoms with E-state index in [0.717, 1.165) is 16.8 Å². The second-order valence-corrected chi connectivity index (χ2v) is 5.29. The maximum absolute atomic E-state index is 11.3. The number of carbonyl (C=O) groups excluding carboxylic acids is 1. The van der Waals surface area contributed by atoms with Crippen LogP contribution in [0.25, 0.3) is 11.4 Å². The number of aryl methyl sites for hydroxylation is 1. The Balaban J connectivity index is 2.00. The van der Waals surface area contributed by atoms with E-state index in [-0.39, 0.29) is 0 Å². The fraction of sp³-hybridized carbons (Fsp3) is 0.111. The lowest BCUT2D eigenvalue weighted by Gasteiger charge is -2.12. The van der Waals surface area contributed by atoms with Crippen molar-refractivity contribution in [3.63, 3.8) is 0 Å². The zero-order chi connectivity index (χ0) is 17.1. The lowest BCUT2D eigenvalue weighted by Crippen LogP contribution is -2.10. The highest BCUT2D eigenvalue weighted by molar-refractivity contribution is 5.93. The summed E-state index contributed by atoms with van der Waals surface area (Å²) in [5.74, 6) is 0.985. The molecule has 0 atom stereocenters. The molecule has 2 heterocycles. The quantitative estimate of drug-likeness (QED) is 0.797. The van der Waals surface area contributed by atoms with Crippen molar-refractivity contribution in [3.8, 4) is 23.0 Å². The van der Waals surface area contributed by atoms with Crippen molar-refractivity contribution < 1.29 is 9.53 Å². The molecule has 0 spiro atoms. The van der Waals surface area contributed by atoms with Crippen LogP contribution < -0.4 is 10.5 Å². The van der Waals surface area contributed by atoms with Crippen molar-refractivity contribution in [1.82, 2.24) is 15.0 Å². The minimum absolute atomic E-state index is 0.380. The normalized spacial score (nSPS) is 10.4. The van der Waals surface area contributed by atoms with Gasteiger partial charge in [0.15, 0.2) is 5.82 Å². The number of nitrogens with two attached hydrogens (primary N) is 1. The van der Waals surface area contributed by atoms with Crippen LogP contribution in [0.3, 0.4) is 0 Å². The van der Waals surface area contributed by atoms with Crippen LogP contribution in [0.4, 0.5) is 0 Å². The van der Waals surface area contributed by atoms with E-state index in [4.69, 9.17) is 10.5 Å². The van der Waals surface area contributed by atoms with E-state index >= 15 is 0 Å². The number of rotatable bonds is 4. The average molecular weight is 320 g/mol. The van der Waals surface area contributed by atoms with Crippen molar-refractivity contribution in [3.05, 3.63) is 65.6 Å². The van der Waals surface area contributed by atoms with Gasteiger partial charge in [0.05, 0.1) is 0 Å². The van der Waals surface area contributed by atoms with Crippen LogP contribution in [0.1, 0.15) is 21.6 Å². The van der Waals surface area contributed by atoms with Crippen molar-refractivity contribution in [2.24, 2.45) is 5.73 Å². The van der Waals surface area contributed by atoms with Crippen LogP contribution in [-0.2, 0) is 0 Å². The first-order valence-electron chi connectivity index (χ1n) is 7.38. The molecule has 0 fully saturated rings. The van der Waals surface area contributed by atoms with Gasteiger partial charge in [0.25, 0.3) is 0 Å². The maximum atomic E-state index is 11.3. The first kappa shape index (κ1) is 15.6. The lowest BCUT2D eigenvalue weighted by atomic mass is 10.2. The Morgan fingerprint density at radius 2 is 1.83 bits per heavy atom. The van der Waals surface area contributed by atoms with Gasteiger partial charge in [0, 0.05) is 34.8 Å². The van der Waals surface area contributed by atoms with Gasteiger partial charge in [0.2, 0.25) is 11.8 Å². The highest BCUT2D eigenvalue weighted by Gasteiger charge is 2.12. The Morgan fingerprint density at radius 1 is 1.08 bits per heavy atom. The third-order valence-corrected chi connectivity index (χ3v) is 3.62. The Hall–Kier alpha value is -3.28. The topological polar surface area (TPSA) is 91.0 Å². The first-order valence-corrected chi connectivity index (χ1v) is 7.38. The predicted molar refractivity (Wildman–Crippen MR) is 89.8 cm³/mol. The van der Waals surface area contributed by atoms with Gasteiger partial charge in [-0.15, -0.1) is 0 Å². The molecule has 1 aromatic carbocycles. The third-order valence-electron chi connectivity index (χ3n) is 3.62. The minimum Gasteiger partial charge on any atom is -0.439 e. The molecule has 0 aliphatic heterocycles. The summed E-state index contributed by atoms with van der Waals surface area (Å²) in [5.41, 5.74) is 8.18. The number of amides is 1. The zero-order valence-corrected chi connectivity index (χ0v) is 13.4. The molecule has 6 heteroatoms. The molecule has 3 aromatic rings. The molecular weight excluding hydrogens is 304 g/mol. The monoisotopic (exact) mass is 320 g/mol. The molecule has 24 heavy (non-hydrogen) atoms. The number of primary amides is 1. The highest BCUT2D eigenvalue weighted by Crippen LogP contribution is 2.27. The van der Waals surface area contributed by atoms with Crippen LogP contribution in [0.2, 0.25) is 0 Å². The standard InChI is InChI=1S/C18H16N4O2/c1-11-12(2)21-17(13-6-8-20-9-7-13)22-18(11)24-15-5-3-4-14(10-15)16(19)23/h3-10H,1-2H3,(H2,19,23). The van der Waals surface area contributed by atoms with E-state index in [1.807, 2.05) is 26.0 Å². The van der Waals surface area contributed by atoms with E-state index in [0.29, 0.717) is 23.0 Å². The SMILES string of the molecule is Cc1nc(-c2ccncc2)nc(Oc2cccc(C(N)=O)c2)c1C. The van der Waals surface area contributed by atoms with Crippen molar-refractivity contribution in [2.45, 2.75) is 13.8 Å². The van der Waals surface area contributed by atoms with E-state index < -0.39 is 5.91 Å². The molecule has 0 unspecified atom stereocenters. The summed E-state index contributed by atoms with van der Waals surface area (Å²) in [7, 11) is 0. The molecule has 0 saturated heterocycles. The number of aromatic nitrogens is 3. The highest BCUT2D eigenvalue weighted by atomic mass is 16.5. The molecular formula is C18H16N4O2. The minimum atomic E-state index is -0.506. The molecule has 0 aliphatic rings. The summed E-state index contributed by atoms with van der Waals surface area (Å²) in [5, 5.41) is 0. The van der Waals surface area contributed by atoms with E-state index in [1.165, 1.54) is 0 Å². The predicted octanol–water partition coefficient (Wildman–Crippen LogP) is 3.05. The third kappa shape index (κ3) is 3.22.